The largest absolute Gasteiger partial charge is 0.496 e. The molecule has 1 atom stereocenters. The van der Waals surface area contributed by atoms with Crippen LogP contribution in [0.15, 0.2) is 77.5 Å². The van der Waals surface area contributed by atoms with Gasteiger partial charge in [0.1, 0.15) is 24.1 Å². The number of methoxy groups -OCH3 is 1. The van der Waals surface area contributed by atoms with Gasteiger partial charge in [0.15, 0.2) is 4.80 Å². The van der Waals surface area contributed by atoms with Crippen molar-refractivity contribution in [3.63, 3.8) is 0 Å². The Bertz CT molecular complexity index is 1650. The molecule has 0 amide bonds. The third-order valence-corrected chi connectivity index (χ3v) is 8.39. The fraction of sp³-hybridized carbons (Fsp3) is 0.250. The highest BCUT2D eigenvalue weighted by atomic mass is 79.9. The van der Waals surface area contributed by atoms with Crippen LogP contribution in [-0.2, 0) is 9.53 Å². The zero-order chi connectivity index (χ0) is 28.4. The Hall–Kier alpha value is -2.47. The SMILES string of the molecule is C=CCOc1c(Br)cc(/C=c2\sc3n(c2=O)[C@H](c2cc(Br)ccc2OC)C(C(=O)OC(C)C)=C(C)N=3)cc1Br. The van der Waals surface area contributed by atoms with Gasteiger partial charge < -0.3 is 14.2 Å². The fourth-order valence-electron chi connectivity index (χ4n) is 4.17. The van der Waals surface area contributed by atoms with Crippen LogP contribution in [0, 0.1) is 0 Å². The van der Waals surface area contributed by atoms with Gasteiger partial charge in [0, 0.05) is 10.0 Å². The van der Waals surface area contributed by atoms with E-state index < -0.39 is 12.0 Å². The van der Waals surface area contributed by atoms with Crippen molar-refractivity contribution in [3.8, 4) is 11.5 Å². The second kappa shape index (κ2) is 12.4. The summed E-state index contributed by atoms with van der Waals surface area (Å²) in [5.41, 5.74) is 1.89. The van der Waals surface area contributed by atoms with E-state index in [4.69, 9.17) is 14.2 Å². The number of esters is 1. The van der Waals surface area contributed by atoms with E-state index >= 15 is 0 Å². The van der Waals surface area contributed by atoms with Gasteiger partial charge in [-0.1, -0.05) is 39.9 Å². The molecule has 0 aliphatic carbocycles. The van der Waals surface area contributed by atoms with E-state index in [2.05, 4.69) is 59.4 Å². The Morgan fingerprint density at radius 3 is 2.51 bits per heavy atom. The summed E-state index contributed by atoms with van der Waals surface area (Å²) in [5, 5.41) is 0. The normalized spacial score (nSPS) is 15.2. The predicted molar refractivity (Wildman–Crippen MR) is 163 cm³/mol. The molecular weight excluding hydrogens is 716 g/mol. The quantitative estimate of drug-likeness (QED) is 0.208. The standard InChI is InChI=1S/C28H25Br3N2O5S/c1-6-9-37-25-19(30)10-16(11-20(25)31)12-22-26(34)33-24(18-13-17(29)7-8-21(18)36-5)23(27(35)38-14(2)3)15(4)32-28(33)39-22/h6-8,10-14,24H,1,9H2,2-5H3/b22-12-/t24-/m1/s1. The van der Waals surface area contributed by atoms with E-state index in [1.54, 1.807) is 46.1 Å². The Morgan fingerprint density at radius 1 is 1.21 bits per heavy atom. The minimum atomic E-state index is -0.796. The Labute approximate surface area is 254 Å². The summed E-state index contributed by atoms with van der Waals surface area (Å²) >= 11 is 11.9. The molecule has 0 fully saturated rings. The lowest BCUT2D eigenvalue weighted by Gasteiger charge is -2.26. The number of thiazole rings is 1. The minimum Gasteiger partial charge on any atom is -0.496 e. The van der Waals surface area contributed by atoms with Crippen LogP contribution in [0.2, 0.25) is 0 Å². The maximum atomic E-state index is 14.0. The molecule has 0 unspecified atom stereocenters. The number of fused-ring (bicyclic) bond motifs is 1. The molecule has 0 spiro atoms. The van der Waals surface area contributed by atoms with Crippen molar-refractivity contribution in [2.75, 3.05) is 13.7 Å². The van der Waals surface area contributed by atoms with Crippen LogP contribution in [-0.4, -0.2) is 30.4 Å². The van der Waals surface area contributed by atoms with Crippen molar-refractivity contribution >= 4 is 71.2 Å². The van der Waals surface area contributed by atoms with E-state index in [9.17, 15) is 9.59 Å². The van der Waals surface area contributed by atoms with Crippen LogP contribution < -0.4 is 24.4 Å². The van der Waals surface area contributed by atoms with Gasteiger partial charge in [-0.05, 0) is 94.6 Å². The van der Waals surface area contributed by atoms with E-state index in [0.717, 1.165) is 19.0 Å². The van der Waals surface area contributed by atoms with Gasteiger partial charge in [-0.25, -0.2) is 9.79 Å². The number of carbonyl (C=O) groups excluding carboxylic acids is 1. The smallest absolute Gasteiger partial charge is 0.338 e. The second-order valence-corrected chi connectivity index (χ2v) is 12.5. The van der Waals surface area contributed by atoms with Crippen LogP contribution in [0.5, 0.6) is 11.5 Å². The fourth-order valence-corrected chi connectivity index (χ4v) is 7.04. The monoisotopic (exact) mass is 738 g/mol. The molecule has 4 rings (SSSR count). The molecule has 39 heavy (non-hydrogen) atoms. The summed E-state index contributed by atoms with van der Waals surface area (Å²) in [6, 6.07) is 8.42. The van der Waals surface area contributed by atoms with Gasteiger partial charge in [0.25, 0.3) is 5.56 Å². The number of nitrogens with zero attached hydrogens (tertiary/aromatic N) is 2. The van der Waals surface area contributed by atoms with Crippen LogP contribution in [0.3, 0.4) is 0 Å². The van der Waals surface area contributed by atoms with E-state index in [-0.39, 0.29) is 17.2 Å². The van der Waals surface area contributed by atoms with Crippen LogP contribution >= 0.6 is 59.1 Å². The van der Waals surface area contributed by atoms with Gasteiger partial charge in [-0.15, -0.1) is 0 Å². The average Bonchev–Trinajstić information content (AvgIpc) is 3.16. The van der Waals surface area contributed by atoms with Gasteiger partial charge in [0.2, 0.25) is 0 Å². The van der Waals surface area contributed by atoms with E-state index in [1.807, 2.05) is 24.3 Å². The molecule has 1 aliphatic rings. The first-order chi connectivity index (χ1) is 18.5. The number of rotatable bonds is 8. The number of ether oxygens (including phenoxy) is 3. The Morgan fingerprint density at radius 2 is 1.90 bits per heavy atom. The van der Waals surface area contributed by atoms with Crippen LogP contribution in [0.1, 0.15) is 37.9 Å². The summed E-state index contributed by atoms with van der Waals surface area (Å²) in [7, 11) is 1.55. The molecular formula is C28H25Br3N2O5S. The van der Waals surface area contributed by atoms with Gasteiger partial charge in [0.05, 0.1) is 38.0 Å². The third kappa shape index (κ3) is 6.16. The number of allylic oxidation sites excluding steroid dienone is 1. The summed E-state index contributed by atoms with van der Waals surface area (Å²) in [5.74, 6) is 0.639. The van der Waals surface area contributed by atoms with Gasteiger partial charge >= 0.3 is 5.97 Å². The highest BCUT2D eigenvalue weighted by molar-refractivity contribution is 9.11. The first-order valence-electron chi connectivity index (χ1n) is 11.8. The zero-order valence-corrected chi connectivity index (χ0v) is 27.2. The minimum absolute atomic E-state index is 0.285. The third-order valence-electron chi connectivity index (χ3n) is 5.73. The molecule has 0 saturated heterocycles. The van der Waals surface area contributed by atoms with Crippen molar-refractivity contribution in [3.05, 3.63) is 98.5 Å². The van der Waals surface area contributed by atoms with Crippen molar-refractivity contribution in [2.45, 2.75) is 32.9 Å². The number of aromatic nitrogens is 1. The van der Waals surface area contributed by atoms with Crippen LogP contribution in [0.4, 0.5) is 0 Å². The zero-order valence-electron chi connectivity index (χ0n) is 21.6. The molecule has 11 heteroatoms. The van der Waals surface area contributed by atoms with Crippen molar-refractivity contribution in [1.82, 2.24) is 4.57 Å². The number of hydrogen-bond acceptors (Lipinski definition) is 7. The molecule has 1 aromatic heterocycles. The molecule has 3 aromatic rings. The number of carbonyl (C=O) groups is 1. The van der Waals surface area contributed by atoms with E-state index in [0.29, 0.717) is 38.7 Å². The molecule has 0 bridgehead atoms. The average molecular weight is 741 g/mol. The summed E-state index contributed by atoms with van der Waals surface area (Å²) in [4.78, 5) is 32.4. The van der Waals surface area contributed by atoms with Gasteiger partial charge in [-0.3, -0.25) is 9.36 Å². The summed E-state index contributed by atoms with van der Waals surface area (Å²) in [6.45, 7) is 9.35. The van der Waals surface area contributed by atoms with E-state index in [1.165, 1.54) is 15.9 Å². The highest BCUT2D eigenvalue weighted by Crippen LogP contribution is 2.38. The molecule has 0 N–H and O–H groups in total. The Balaban J connectivity index is 1.94. The Kier molecular flexibility index (Phi) is 9.36. The number of halogens is 3. The molecule has 204 valence electrons. The molecule has 7 nitrogen and oxygen atoms in total. The lowest BCUT2D eigenvalue weighted by Crippen LogP contribution is -2.40. The van der Waals surface area contributed by atoms with Crippen molar-refractivity contribution < 1.29 is 19.0 Å². The molecule has 0 radical (unpaired) electrons. The lowest BCUT2D eigenvalue weighted by molar-refractivity contribution is -0.143. The maximum absolute atomic E-state index is 14.0. The maximum Gasteiger partial charge on any atom is 0.338 e. The first-order valence-corrected chi connectivity index (χ1v) is 15.0. The van der Waals surface area contributed by atoms with Gasteiger partial charge in [-0.2, -0.15) is 0 Å². The highest BCUT2D eigenvalue weighted by Gasteiger charge is 2.35. The molecule has 2 aromatic carbocycles. The molecule has 1 aliphatic heterocycles. The number of benzene rings is 2. The van der Waals surface area contributed by atoms with Crippen molar-refractivity contribution in [1.29, 1.82) is 0 Å². The molecule has 0 saturated carbocycles. The first kappa shape index (κ1) is 29.5. The summed E-state index contributed by atoms with van der Waals surface area (Å²) in [6.07, 6.45) is 3.11. The summed E-state index contributed by atoms with van der Waals surface area (Å²) < 4.78 is 21.2. The number of hydrogen-bond donors (Lipinski definition) is 0. The molecule has 2 heterocycles. The topological polar surface area (TPSA) is 79.1 Å². The van der Waals surface area contributed by atoms with Crippen molar-refractivity contribution in [2.24, 2.45) is 4.99 Å². The predicted octanol–water partition coefficient (Wildman–Crippen LogP) is 6.05. The lowest BCUT2D eigenvalue weighted by atomic mass is 9.95. The van der Waals surface area contributed by atoms with Crippen LogP contribution in [0.25, 0.3) is 6.08 Å². The second-order valence-electron chi connectivity index (χ2n) is 8.84.